The minimum Gasteiger partial charge on any atom is -0.337 e. The molecule has 0 saturated carbocycles. The van der Waals surface area contributed by atoms with E-state index in [-0.39, 0.29) is 15.8 Å². The zero-order valence-electron chi connectivity index (χ0n) is 15.4. The number of hydrogen-bond acceptors (Lipinski definition) is 7. The Labute approximate surface area is 182 Å². The van der Waals surface area contributed by atoms with Crippen LogP contribution in [0.1, 0.15) is 24.2 Å². The van der Waals surface area contributed by atoms with Crippen LogP contribution in [-0.4, -0.2) is 33.3 Å². The van der Waals surface area contributed by atoms with E-state index in [1.165, 1.54) is 25.3 Å². The highest BCUT2D eigenvalue weighted by Crippen LogP contribution is 2.34. The maximum Gasteiger partial charge on any atom is 0.333 e. The Hall–Kier alpha value is -2.62. The van der Waals surface area contributed by atoms with Crippen molar-refractivity contribution in [3.63, 3.8) is 0 Å². The lowest BCUT2D eigenvalue weighted by Crippen LogP contribution is -2.34. The van der Waals surface area contributed by atoms with Gasteiger partial charge in [-0.2, -0.15) is 0 Å². The molecule has 0 aliphatic carbocycles. The SMILES string of the molecule is CCNC(=O)N(S)c1ccc2ncc(Nc3c(Cl)cc(C(C)=O)cc3Cl)nc2n1. The summed E-state index contributed by atoms with van der Waals surface area (Å²) in [5.41, 5.74) is 1.62. The maximum atomic E-state index is 11.9. The molecule has 3 aromatic rings. The van der Waals surface area contributed by atoms with Gasteiger partial charge in [0.25, 0.3) is 0 Å². The van der Waals surface area contributed by atoms with Crippen molar-refractivity contribution in [2.24, 2.45) is 0 Å². The normalized spacial score (nSPS) is 10.7. The fourth-order valence-electron chi connectivity index (χ4n) is 2.42. The van der Waals surface area contributed by atoms with Crippen LogP contribution in [0.15, 0.2) is 30.5 Å². The lowest BCUT2D eigenvalue weighted by atomic mass is 10.1. The number of pyridine rings is 1. The molecular formula is C18H16Cl2N6O2S. The Morgan fingerprint density at radius 2 is 1.86 bits per heavy atom. The number of benzene rings is 1. The average Bonchev–Trinajstić information content (AvgIpc) is 2.69. The van der Waals surface area contributed by atoms with E-state index >= 15 is 0 Å². The molecule has 0 spiro atoms. The van der Waals surface area contributed by atoms with Gasteiger partial charge >= 0.3 is 6.03 Å². The Kier molecular flexibility index (Phi) is 6.41. The second kappa shape index (κ2) is 8.81. The predicted molar refractivity (Wildman–Crippen MR) is 118 cm³/mol. The van der Waals surface area contributed by atoms with Crippen molar-refractivity contribution in [3.05, 3.63) is 46.1 Å². The van der Waals surface area contributed by atoms with Crippen molar-refractivity contribution < 1.29 is 9.59 Å². The number of nitrogens with zero attached hydrogens (tertiary/aromatic N) is 4. The Bertz CT molecular complexity index is 1090. The number of amides is 2. The minimum atomic E-state index is -0.408. The van der Waals surface area contributed by atoms with E-state index in [0.29, 0.717) is 40.6 Å². The molecule has 0 aliphatic heterocycles. The van der Waals surface area contributed by atoms with Gasteiger partial charge in [-0.15, -0.1) is 0 Å². The molecule has 0 saturated heterocycles. The summed E-state index contributed by atoms with van der Waals surface area (Å²) in [5.74, 6) is 0.483. The second-order valence-corrected chi connectivity index (χ2v) is 7.13. The molecule has 0 unspecified atom stereocenters. The van der Waals surface area contributed by atoms with Crippen LogP contribution < -0.4 is 14.9 Å². The number of hydrogen-bond donors (Lipinski definition) is 3. The number of carbonyl (C=O) groups excluding carboxylic acids is 2. The standard InChI is InChI=1S/C18H16Cl2N6O2S/c1-3-21-18(28)26(29)15-5-4-13-17(25-15)24-14(8-22-13)23-16-11(19)6-10(9(2)27)7-12(16)20/h4-8,29H,3H2,1-2H3,(H,21,28)(H,23,24,25). The largest absolute Gasteiger partial charge is 0.337 e. The van der Waals surface area contributed by atoms with Crippen LogP contribution in [0.4, 0.5) is 22.1 Å². The minimum absolute atomic E-state index is 0.147. The molecular weight excluding hydrogens is 435 g/mol. The van der Waals surface area contributed by atoms with Gasteiger partial charge in [0.1, 0.15) is 11.3 Å². The average molecular weight is 451 g/mol. The molecule has 2 N–H and O–H groups in total. The third-order valence-corrected chi connectivity index (χ3v) is 4.81. The van der Waals surface area contributed by atoms with Gasteiger partial charge in [-0.1, -0.05) is 36.0 Å². The third-order valence-electron chi connectivity index (χ3n) is 3.83. The van der Waals surface area contributed by atoms with E-state index in [9.17, 15) is 9.59 Å². The third kappa shape index (κ3) is 4.69. The fourth-order valence-corrected chi connectivity index (χ4v) is 3.18. The van der Waals surface area contributed by atoms with Gasteiger partial charge in [-0.3, -0.25) is 4.79 Å². The van der Waals surface area contributed by atoms with Crippen molar-refractivity contribution in [1.29, 1.82) is 0 Å². The molecule has 150 valence electrons. The number of aromatic nitrogens is 3. The first-order valence-electron chi connectivity index (χ1n) is 8.47. The number of nitrogens with one attached hydrogen (secondary N) is 2. The Morgan fingerprint density at radius 1 is 1.17 bits per heavy atom. The zero-order valence-corrected chi connectivity index (χ0v) is 17.8. The van der Waals surface area contributed by atoms with Crippen molar-refractivity contribution in [3.8, 4) is 0 Å². The second-order valence-electron chi connectivity index (χ2n) is 5.91. The van der Waals surface area contributed by atoms with Gasteiger partial charge in [-0.25, -0.2) is 24.1 Å². The molecule has 11 heteroatoms. The molecule has 8 nitrogen and oxygen atoms in total. The van der Waals surface area contributed by atoms with Crippen LogP contribution in [0.2, 0.25) is 10.0 Å². The summed E-state index contributed by atoms with van der Waals surface area (Å²) in [4.78, 5) is 36.5. The highest BCUT2D eigenvalue weighted by molar-refractivity contribution is 7.82. The summed E-state index contributed by atoms with van der Waals surface area (Å²) in [5, 5.41) is 6.15. The van der Waals surface area contributed by atoms with E-state index in [4.69, 9.17) is 23.2 Å². The lowest BCUT2D eigenvalue weighted by molar-refractivity contribution is 0.101. The zero-order chi connectivity index (χ0) is 21.1. The molecule has 29 heavy (non-hydrogen) atoms. The van der Waals surface area contributed by atoms with Gasteiger partial charge in [0, 0.05) is 12.1 Å². The first kappa shape index (κ1) is 21.1. The smallest absolute Gasteiger partial charge is 0.333 e. The van der Waals surface area contributed by atoms with Crippen LogP contribution in [-0.2, 0) is 0 Å². The number of Topliss-reactive ketones (excluding diaryl/α,β-unsaturated/α-hetero) is 1. The maximum absolute atomic E-state index is 11.9. The molecule has 1 aromatic carbocycles. The Balaban J connectivity index is 1.93. The first-order chi connectivity index (χ1) is 13.8. The number of anilines is 3. The first-order valence-corrected chi connectivity index (χ1v) is 9.63. The summed E-state index contributed by atoms with van der Waals surface area (Å²) in [7, 11) is 0. The van der Waals surface area contributed by atoms with Gasteiger partial charge in [0.2, 0.25) is 0 Å². The summed E-state index contributed by atoms with van der Waals surface area (Å²) in [6.07, 6.45) is 1.50. The molecule has 0 bridgehead atoms. The number of fused-ring (bicyclic) bond motifs is 1. The number of ketones is 1. The van der Waals surface area contributed by atoms with E-state index in [0.717, 1.165) is 4.31 Å². The quantitative estimate of drug-likeness (QED) is 0.386. The lowest BCUT2D eigenvalue weighted by Gasteiger charge is -2.15. The van der Waals surface area contributed by atoms with Crippen molar-refractivity contribution in [1.82, 2.24) is 20.3 Å². The van der Waals surface area contributed by atoms with Crippen molar-refractivity contribution >= 4 is 76.3 Å². The van der Waals surface area contributed by atoms with Crippen LogP contribution >= 0.6 is 36.0 Å². The van der Waals surface area contributed by atoms with Crippen LogP contribution in [0.25, 0.3) is 11.2 Å². The van der Waals surface area contributed by atoms with E-state index in [1.807, 2.05) is 0 Å². The highest BCUT2D eigenvalue weighted by atomic mass is 35.5. The molecule has 0 radical (unpaired) electrons. The summed E-state index contributed by atoms with van der Waals surface area (Å²) < 4.78 is 1.08. The molecule has 2 aromatic heterocycles. The molecule has 3 rings (SSSR count). The van der Waals surface area contributed by atoms with Gasteiger partial charge in [-0.05, 0) is 38.1 Å². The van der Waals surface area contributed by atoms with Gasteiger partial charge < -0.3 is 10.6 Å². The van der Waals surface area contributed by atoms with E-state index < -0.39 is 6.03 Å². The van der Waals surface area contributed by atoms with E-state index in [1.54, 1.807) is 19.1 Å². The van der Waals surface area contributed by atoms with Crippen LogP contribution in [0.5, 0.6) is 0 Å². The molecule has 0 aliphatic rings. The monoisotopic (exact) mass is 450 g/mol. The van der Waals surface area contributed by atoms with Gasteiger partial charge in [0.15, 0.2) is 17.2 Å². The van der Waals surface area contributed by atoms with E-state index in [2.05, 4.69) is 38.4 Å². The molecule has 2 heterocycles. The number of carbonyl (C=O) groups is 2. The predicted octanol–water partition coefficient (Wildman–Crippen LogP) is 4.66. The number of urea groups is 1. The number of thiol groups is 1. The molecule has 0 atom stereocenters. The van der Waals surface area contributed by atoms with Crippen LogP contribution in [0, 0.1) is 0 Å². The molecule has 0 fully saturated rings. The summed E-state index contributed by atoms with van der Waals surface area (Å²) in [6.45, 7) is 3.69. The van der Waals surface area contributed by atoms with Crippen molar-refractivity contribution in [2.75, 3.05) is 16.2 Å². The van der Waals surface area contributed by atoms with Crippen molar-refractivity contribution in [2.45, 2.75) is 13.8 Å². The number of halogens is 2. The molecule has 2 amide bonds. The summed E-state index contributed by atoms with van der Waals surface area (Å²) in [6, 6.07) is 5.93. The topological polar surface area (TPSA) is 100 Å². The van der Waals surface area contributed by atoms with Crippen LogP contribution in [0.3, 0.4) is 0 Å². The summed E-state index contributed by atoms with van der Waals surface area (Å²) >= 11 is 16.7. The van der Waals surface area contributed by atoms with Gasteiger partial charge in [0.05, 0.1) is 21.9 Å². The number of rotatable bonds is 5. The Morgan fingerprint density at radius 3 is 2.48 bits per heavy atom. The highest BCUT2D eigenvalue weighted by Gasteiger charge is 2.15. The fraction of sp³-hybridized carbons (Fsp3) is 0.167.